The van der Waals surface area contributed by atoms with Crippen molar-refractivity contribution in [2.75, 3.05) is 46.2 Å². The van der Waals surface area contributed by atoms with Crippen molar-refractivity contribution in [1.82, 2.24) is 16.0 Å². The van der Waals surface area contributed by atoms with Gasteiger partial charge in [-0.3, -0.25) is 14.4 Å². The second kappa shape index (κ2) is 39.6. The average molecular weight is 1660 g/mol. The maximum Gasteiger partial charge on any atom is 0.364 e. The molecule has 9 saturated heterocycles. The third-order valence-corrected chi connectivity index (χ3v) is 20.9. The maximum atomic E-state index is 13.6. The van der Waals surface area contributed by atoms with Crippen LogP contribution in [0.2, 0.25) is 0 Å². The van der Waals surface area contributed by atoms with Crippen LogP contribution in [0.1, 0.15) is 41.0 Å². The van der Waals surface area contributed by atoms with Crippen molar-refractivity contribution in [2.24, 2.45) is 0 Å². The van der Waals surface area contributed by atoms with E-state index in [-0.39, 0.29) is 0 Å². The minimum atomic E-state index is -3.31. The van der Waals surface area contributed by atoms with E-state index in [1.807, 2.05) is 0 Å². The van der Waals surface area contributed by atoms with E-state index < -0.39 is 358 Å². The van der Waals surface area contributed by atoms with Gasteiger partial charge in [-0.15, -0.1) is 0 Å². The number of carboxylic acids is 1. The van der Waals surface area contributed by atoms with E-state index in [1.165, 1.54) is 13.8 Å². The van der Waals surface area contributed by atoms with Crippen molar-refractivity contribution < 1.29 is 232 Å². The van der Waals surface area contributed by atoms with Gasteiger partial charge in [0.15, 0.2) is 50.3 Å². The zero-order valence-corrected chi connectivity index (χ0v) is 60.8. The van der Waals surface area contributed by atoms with Gasteiger partial charge in [-0.2, -0.15) is 0 Å². The standard InChI is InChI=1S/C63H105N3O47/c1-14-30(77)38(85)44(91)57(99-14)111-52-40(87)33(80)21(8-68)102-60(52)108-47-24(11-71)104-55(28(36(47)83)65-17(4)73)97-12-25-35(82)51(46(93)59(105-25)107-48-23(10-70)101-54(94)43(90)42(48)89)110-56-29(66-18(5)74)37(84)49(109-61-53(41(88)34(81)22(9-69)103-61)112-58-45(92)39(86)31(78)15(2)100-58)26(106-56)13-98-63(62(95)96)6-19(75)27(64-16(3)72)50(113-63)32(79)20(76)7-67/h14-15,19-61,67-71,75-94H,6-13H2,1-5H3,(H,64,72)(H,65,73)(H,66,74)(H,95,96)/t14-,15-,19-,20+,21+,22+,23+,24+,25+,26+,27+,28+,29+,30+,31+,32+,33-,34-,35-,36+,37+,38+,39+,40-,41-,42+,43+,44-,45-,46+,47+,48+,49+,50+,51-,52+,53+,54?,55+,56-,57-,58-,59-,60-,61-,63+/m0/s1. The Balaban J connectivity index is 1.07. The van der Waals surface area contributed by atoms with Crippen LogP contribution in [0.4, 0.5) is 0 Å². The van der Waals surface area contributed by atoms with Crippen molar-refractivity contribution in [3.8, 4) is 0 Å². The molecular weight excluding hydrogens is 1550 g/mol. The van der Waals surface area contributed by atoms with Gasteiger partial charge in [0.05, 0.1) is 70.6 Å². The molecule has 46 atom stereocenters. The fourth-order valence-electron chi connectivity index (χ4n) is 14.5. The van der Waals surface area contributed by atoms with Crippen molar-refractivity contribution in [3.05, 3.63) is 0 Å². The van der Waals surface area contributed by atoms with Crippen LogP contribution in [0, 0.1) is 0 Å². The summed E-state index contributed by atoms with van der Waals surface area (Å²) in [5.41, 5.74) is 0. The molecule has 29 N–H and O–H groups in total. The molecule has 1 unspecified atom stereocenters. The van der Waals surface area contributed by atoms with Gasteiger partial charge in [0.2, 0.25) is 17.7 Å². The van der Waals surface area contributed by atoms with Crippen molar-refractivity contribution in [1.29, 1.82) is 0 Å². The van der Waals surface area contributed by atoms with E-state index in [4.69, 9.17) is 80.5 Å². The maximum absolute atomic E-state index is 13.6. The number of carbonyl (C=O) groups excluding carboxylic acids is 3. The first-order valence-electron chi connectivity index (χ1n) is 36.0. The molecule has 3 amide bonds. The molecule has 9 aliphatic heterocycles. The molecule has 0 saturated carbocycles. The Bertz CT molecular complexity index is 3040. The van der Waals surface area contributed by atoms with Crippen LogP contribution >= 0.6 is 0 Å². The van der Waals surface area contributed by atoms with Crippen LogP contribution < -0.4 is 16.0 Å². The van der Waals surface area contributed by atoms with E-state index in [9.17, 15) is 152 Å². The third-order valence-electron chi connectivity index (χ3n) is 20.9. The minimum Gasteiger partial charge on any atom is -0.477 e. The number of aliphatic carboxylic acids is 1. The second-order valence-corrected chi connectivity index (χ2v) is 28.9. The molecule has 9 aliphatic rings. The summed E-state index contributed by atoms with van der Waals surface area (Å²) >= 11 is 0. The summed E-state index contributed by atoms with van der Waals surface area (Å²) in [4.78, 5) is 52.6. The Morgan fingerprint density at radius 3 is 1.24 bits per heavy atom. The lowest BCUT2D eigenvalue weighted by molar-refractivity contribution is -0.396. The Morgan fingerprint density at radius 1 is 0.381 bits per heavy atom. The van der Waals surface area contributed by atoms with Crippen LogP contribution in [0.5, 0.6) is 0 Å². The van der Waals surface area contributed by atoms with Gasteiger partial charge in [0, 0.05) is 27.2 Å². The molecule has 113 heavy (non-hydrogen) atoms. The summed E-state index contributed by atoms with van der Waals surface area (Å²) in [5.74, 6) is -8.43. The van der Waals surface area contributed by atoms with E-state index in [2.05, 4.69) is 16.0 Å². The Hall–Kier alpha value is -3.80. The summed E-state index contributed by atoms with van der Waals surface area (Å²) in [5, 5.41) is 295. The molecule has 0 aliphatic carbocycles. The van der Waals surface area contributed by atoms with Gasteiger partial charge in [-0.1, -0.05) is 0 Å². The Morgan fingerprint density at radius 2 is 0.770 bits per heavy atom. The average Bonchev–Trinajstić information content (AvgIpc) is 0.752. The van der Waals surface area contributed by atoms with Crippen LogP contribution in [-0.4, -0.2) is 484 Å². The first kappa shape index (κ1) is 93.1. The zero-order valence-electron chi connectivity index (χ0n) is 60.8. The normalized spacial score (nSPS) is 49.2. The topological polar surface area (TPSA) is 787 Å². The Kier molecular flexibility index (Phi) is 32.6. The van der Waals surface area contributed by atoms with E-state index in [0.29, 0.717) is 0 Å². The molecule has 9 rings (SSSR count). The van der Waals surface area contributed by atoms with Gasteiger partial charge in [0.1, 0.15) is 201 Å². The van der Waals surface area contributed by atoms with Crippen LogP contribution in [0.3, 0.4) is 0 Å². The number of carboxylic acid groups (broad SMARTS) is 1. The molecule has 0 radical (unpaired) electrons. The highest BCUT2D eigenvalue weighted by Gasteiger charge is 2.62. The highest BCUT2D eigenvalue weighted by molar-refractivity contribution is 5.77. The Labute approximate surface area is 639 Å². The number of ether oxygens (including phenoxy) is 17. The molecule has 9 heterocycles. The molecule has 0 aromatic heterocycles. The predicted octanol–water partition coefficient (Wildman–Crippen LogP) is -18.9. The number of carbonyl (C=O) groups is 4. The lowest BCUT2D eigenvalue weighted by Crippen LogP contribution is -2.71. The van der Waals surface area contributed by atoms with E-state index in [0.717, 1.165) is 20.8 Å². The quantitative estimate of drug-likeness (QED) is 0.0331. The molecule has 0 aromatic carbocycles. The predicted molar refractivity (Wildman–Crippen MR) is 346 cm³/mol. The largest absolute Gasteiger partial charge is 0.477 e. The third kappa shape index (κ3) is 20.3. The lowest BCUT2D eigenvalue weighted by atomic mass is 9.88. The summed E-state index contributed by atoms with van der Waals surface area (Å²) in [7, 11) is 0. The first-order valence-corrected chi connectivity index (χ1v) is 36.0. The summed E-state index contributed by atoms with van der Waals surface area (Å²) in [6.45, 7) is -3.06. The molecule has 0 bridgehead atoms. The molecule has 0 spiro atoms. The number of rotatable bonds is 29. The number of aliphatic hydroxyl groups excluding tert-OH is 25. The monoisotopic (exact) mass is 1660 g/mol. The number of aliphatic hydroxyl groups is 25. The van der Waals surface area contributed by atoms with E-state index in [1.54, 1.807) is 0 Å². The lowest BCUT2D eigenvalue weighted by Gasteiger charge is -2.51. The van der Waals surface area contributed by atoms with Crippen LogP contribution in [-0.2, 0) is 99.7 Å². The van der Waals surface area contributed by atoms with Crippen LogP contribution in [0.15, 0.2) is 0 Å². The second-order valence-electron chi connectivity index (χ2n) is 28.9. The highest BCUT2D eigenvalue weighted by Crippen LogP contribution is 2.41. The molecule has 654 valence electrons. The smallest absolute Gasteiger partial charge is 0.364 e. The number of hydrogen-bond acceptors (Lipinski definition) is 46. The summed E-state index contributed by atoms with van der Waals surface area (Å²) in [6, 6.07) is -5.93. The molecule has 9 fully saturated rings. The van der Waals surface area contributed by atoms with Crippen molar-refractivity contribution in [2.45, 2.75) is 323 Å². The zero-order chi connectivity index (χ0) is 83.6. The van der Waals surface area contributed by atoms with Crippen molar-refractivity contribution in [3.63, 3.8) is 0 Å². The fraction of sp³-hybridized carbons (Fsp3) is 0.937. The van der Waals surface area contributed by atoms with Gasteiger partial charge in [-0.05, 0) is 13.8 Å². The minimum absolute atomic E-state index is 0.852. The summed E-state index contributed by atoms with van der Waals surface area (Å²) < 4.78 is 100. The van der Waals surface area contributed by atoms with Gasteiger partial charge in [-0.25, -0.2) is 4.79 Å². The fourth-order valence-corrected chi connectivity index (χ4v) is 14.5. The van der Waals surface area contributed by atoms with Gasteiger partial charge >= 0.3 is 5.97 Å². The molecule has 50 nitrogen and oxygen atoms in total. The number of nitrogens with one attached hydrogen (secondary N) is 3. The first-order chi connectivity index (χ1) is 53.2. The number of amides is 3. The summed E-state index contributed by atoms with van der Waals surface area (Å²) in [6.07, 6.45) is -89.5. The SMILES string of the molecule is CC(=O)N[C@H]1[C@H](OC[C@H]2O[C@@H](O[C@H]3[C@H](O)[C@@H](O)C(O)O[C@@H]3CO)[C@H](O)[C@@H](O[C@@H]3O[C@H](CO[C@]4(C(=O)O)C[C@H](O)[C@@H](NC(C)=O)[C@H]([C@H](O)[C@H](O)CO)O4)[C@@H](O[C@@H]4O[C@H](CO)[C@H](O)[C@H](O)[C@H]4O[C@@H]4O[C@@H](C)[C@@H](O)[C@@H](O)[C@@H]4O)[C@H](O)[C@H]3NC(C)=O)[C@H]2O)O[C@H](CO)[C@@H](O[C@@H]2O[C@H](CO)[C@H](O)[C@H](O)[C@H]2O[C@@H]2O[C@@H](C)[C@@H](O)[C@@H](O)[C@@H]2O)[C@@H]1O. The van der Waals surface area contributed by atoms with Crippen molar-refractivity contribution >= 4 is 23.7 Å². The molecule has 0 aromatic rings. The molecule has 50 heteroatoms. The van der Waals surface area contributed by atoms with Gasteiger partial charge in [0.25, 0.3) is 5.79 Å². The molecular formula is C63H105N3O47. The number of hydrogen-bond donors (Lipinski definition) is 29. The van der Waals surface area contributed by atoms with E-state index >= 15 is 0 Å². The highest BCUT2D eigenvalue weighted by atomic mass is 16.8. The van der Waals surface area contributed by atoms with Gasteiger partial charge < -0.3 is 229 Å². The van der Waals surface area contributed by atoms with Crippen LogP contribution in [0.25, 0.3) is 0 Å².